The fraction of sp³-hybridized carbons (Fsp3) is 0.419. The van der Waals surface area contributed by atoms with Gasteiger partial charge in [-0.15, -0.1) is 0 Å². The number of aliphatic hydroxyl groups is 3. The number of carbonyl (C=O) groups excluding carboxylic acids is 4. The van der Waals surface area contributed by atoms with Gasteiger partial charge in [0.15, 0.2) is 17.2 Å². The van der Waals surface area contributed by atoms with E-state index in [4.69, 9.17) is 10.5 Å². The van der Waals surface area contributed by atoms with Crippen LogP contribution >= 0.6 is 0 Å². The van der Waals surface area contributed by atoms with Crippen molar-refractivity contribution in [3.8, 4) is 16.9 Å². The number of likely N-dealkylation sites (N-methyl/N-ethyl adjacent to an activating group) is 1. The molecule has 0 heterocycles. The number of amides is 1. The summed E-state index contributed by atoms with van der Waals surface area (Å²) >= 11 is 0. The standard InChI is InChI=1S/C31H34N2O9/c1-33(2)25-20-12-16-11-19-18(15-6-4-14(5-7-15)10-17(34)13-42-3)8-9-21(35)23(19)26(36)22(16)28(38)31(20,41)29(39)24(27(25)37)30(32)40/h4-9,16,20,24-25,27,35-37,41H,10-13H2,1-3H3,(H2,32,40)/t16-,20-,24?,25-,27?,31-/m1/s1. The van der Waals surface area contributed by atoms with Crippen molar-refractivity contribution < 1.29 is 44.3 Å². The van der Waals surface area contributed by atoms with Crippen LogP contribution in [0.15, 0.2) is 42.0 Å². The molecule has 0 spiro atoms. The first kappa shape index (κ1) is 29.6. The lowest BCUT2D eigenvalue weighted by Gasteiger charge is -2.53. The lowest BCUT2D eigenvalue weighted by molar-refractivity contribution is -0.184. The maximum absolute atomic E-state index is 14.0. The highest BCUT2D eigenvalue weighted by Crippen LogP contribution is 2.53. The van der Waals surface area contributed by atoms with E-state index in [1.807, 2.05) is 24.3 Å². The number of phenolic OH excluding ortho intramolecular Hbond substituents is 1. The molecule has 0 radical (unpaired) electrons. The molecule has 2 fully saturated rings. The highest BCUT2D eigenvalue weighted by molar-refractivity contribution is 6.25. The van der Waals surface area contributed by atoms with E-state index in [0.717, 1.165) is 11.1 Å². The number of aliphatic hydroxyl groups excluding tert-OH is 2. The van der Waals surface area contributed by atoms with Crippen LogP contribution < -0.4 is 5.73 Å². The Kier molecular flexibility index (Phi) is 7.56. The molecule has 222 valence electrons. The van der Waals surface area contributed by atoms with Crippen molar-refractivity contribution in [2.24, 2.45) is 23.5 Å². The second kappa shape index (κ2) is 10.7. The molecule has 42 heavy (non-hydrogen) atoms. The van der Waals surface area contributed by atoms with Gasteiger partial charge in [-0.2, -0.15) is 0 Å². The van der Waals surface area contributed by atoms with Crippen molar-refractivity contribution >= 4 is 29.0 Å². The third-order valence-electron chi connectivity index (χ3n) is 8.94. The number of aromatic hydroxyl groups is 1. The van der Waals surface area contributed by atoms with Gasteiger partial charge in [0, 0.05) is 31.1 Å². The number of rotatable bonds is 7. The molecule has 2 aromatic rings. The molecule has 5 rings (SSSR count). The SMILES string of the molecule is COCC(=O)Cc1ccc(-c2ccc(O)c3c2C[C@@H]2C[C@@H]4[C@@H](N(C)C)C(O)C(C(N)=O)C(=O)[C@]4(O)C(=O)C2=C3O)cc1. The van der Waals surface area contributed by atoms with Crippen LogP contribution in [-0.2, 0) is 36.8 Å². The van der Waals surface area contributed by atoms with Crippen molar-refractivity contribution in [1.29, 1.82) is 0 Å². The summed E-state index contributed by atoms with van der Waals surface area (Å²) in [5.41, 5.74) is 5.34. The van der Waals surface area contributed by atoms with Crippen LogP contribution in [0.5, 0.6) is 5.75 Å². The predicted octanol–water partition coefficient (Wildman–Crippen LogP) is 0.554. The van der Waals surface area contributed by atoms with Gasteiger partial charge in [0.25, 0.3) is 0 Å². The Morgan fingerprint density at radius 3 is 2.36 bits per heavy atom. The lowest BCUT2D eigenvalue weighted by Crippen LogP contribution is -2.73. The molecule has 0 aliphatic heterocycles. The van der Waals surface area contributed by atoms with E-state index < -0.39 is 58.7 Å². The summed E-state index contributed by atoms with van der Waals surface area (Å²) in [5, 5.41) is 45.0. The molecule has 3 aliphatic carbocycles. The number of nitrogens with two attached hydrogens (primary N) is 1. The van der Waals surface area contributed by atoms with Gasteiger partial charge in [0.05, 0.1) is 11.7 Å². The third-order valence-corrected chi connectivity index (χ3v) is 8.94. The number of primary amides is 1. The highest BCUT2D eigenvalue weighted by atomic mass is 16.5. The zero-order chi connectivity index (χ0) is 30.7. The number of ketones is 3. The summed E-state index contributed by atoms with van der Waals surface area (Å²) in [6, 6.07) is 9.39. The summed E-state index contributed by atoms with van der Waals surface area (Å²) in [5.74, 6) is -7.88. The molecule has 0 aromatic heterocycles. The van der Waals surface area contributed by atoms with Crippen LogP contribution in [0.4, 0.5) is 0 Å². The Morgan fingerprint density at radius 1 is 1.10 bits per heavy atom. The summed E-state index contributed by atoms with van der Waals surface area (Å²) in [6.07, 6.45) is -1.12. The van der Waals surface area contributed by atoms with Gasteiger partial charge >= 0.3 is 0 Å². The Morgan fingerprint density at radius 2 is 1.76 bits per heavy atom. The molecule has 2 aromatic carbocycles. The minimum atomic E-state index is -2.70. The normalized spacial score (nSPS) is 28.8. The number of benzene rings is 2. The molecule has 1 amide bonds. The second-order valence-corrected chi connectivity index (χ2v) is 11.6. The van der Waals surface area contributed by atoms with Gasteiger partial charge in [0.1, 0.15) is 24.0 Å². The zero-order valence-corrected chi connectivity index (χ0v) is 23.5. The van der Waals surface area contributed by atoms with E-state index in [0.29, 0.717) is 11.1 Å². The summed E-state index contributed by atoms with van der Waals surface area (Å²) in [7, 11) is 4.67. The molecule has 11 nitrogen and oxygen atoms in total. The van der Waals surface area contributed by atoms with Crippen molar-refractivity contribution in [1.82, 2.24) is 4.90 Å². The van der Waals surface area contributed by atoms with Gasteiger partial charge in [-0.25, -0.2) is 0 Å². The van der Waals surface area contributed by atoms with E-state index in [1.165, 1.54) is 13.2 Å². The van der Waals surface area contributed by atoms with E-state index >= 15 is 0 Å². The summed E-state index contributed by atoms with van der Waals surface area (Å²) in [4.78, 5) is 53.1. The Hall–Kier alpha value is -3.90. The third kappa shape index (κ3) is 4.44. The quantitative estimate of drug-likeness (QED) is 0.290. The molecular formula is C31H34N2O9. The Bertz CT molecular complexity index is 1510. The fourth-order valence-electron chi connectivity index (χ4n) is 7.12. The lowest BCUT2D eigenvalue weighted by atomic mass is 9.54. The van der Waals surface area contributed by atoms with E-state index in [2.05, 4.69) is 0 Å². The summed E-state index contributed by atoms with van der Waals surface area (Å²) < 4.78 is 4.89. The van der Waals surface area contributed by atoms with Gasteiger partial charge < -0.3 is 35.8 Å². The first-order valence-electron chi connectivity index (χ1n) is 13.7. The van der Waals surface area contributed by atoms with Gasteiger partial charge in [-0.1, -0.05) is 30.3 Å². The number of nitrogens with zero attached hydrogens (tertiary/aromatic N) is 1. The average molecular weight is 579 g/mol. The average Bonchev–Trinajstić information content (AvgIpc) is 2.91. The molecule has 3 aliphatic rings. The molecule has 2 saturated carbocycles. The second-order valence-electron chi connectivity index (χ2n) is 11.6. The van der Waals surface area contributed by atoms with E-state index in [9.17, 15) is 39.6 Å². The zero-order valence-electron chi connectivity index (χ0n) is 23.5. The Balaban J connectivity index is 1.60. The van der Waals surface area contributed by atoms with Crippen LogP contribution in [0.1, 0.15) is 23.1 Å². The predicted molar refractivity (Wildman–Crippen MR) is 150 cm³/mol. The molecule has 6 N–H and O–H groups in total. The maximum Gasteiger partial charge on any atom is 0.230 e. The minimum absolute atomic E-state index is 0.0118. The smallest absolute Gasteiger partial charge is 0.230 e. The number of methoxy groups -OCH3 is 1. The van der Waals surface area contributed by atoms with Crippen molar-refractivity contribution in [2.75, 3.05) is 27.8 Å². The number of fused-ring (bicyclic) bond motifs is 3. The van der Waals surface area contributed by atoms with E-state index in [-0.39, 0.29) is 48.5 Å². The Labute approximate surface area is 242 Å². The van der Waals surface area contributed by atoms with Crippen LogP contribution in [0.25, 0.3) is 16.9 Å². The van der Waals surface area contributed by atoms with Crippen LogP contribution in [-0.4, -0.2) is 94.1 Å². The van der Waals surface area contributed by atoms with Gasteiger partial charge in [0.2, 0.25) is 11.7 Å². The summed E-state index contributed by atoms with van der Waals surface area (Å²) in [6.45, 7) is 0.0118. The first-order valence-corrected chi connectivity index (χ1v) is 13.7. The number of ether oxygens (including phenoxy) is 1. The minimum Gasteiger partial charge on any atom is -0.507 e. The number of phenols is 1. The van der Waals surface area contributed by atoms with Crippen LogP contribution in [0, 0.1) is 17.8 Å². The highest BCUT2D eigenvalue weighted by Gasteiger charge is 2.67. The fourth-order valence-corrected chi connectivity index (χ4v) is 7.12. The molecule has 6 atom stereocenters. The van der Waals surface area contributed by atoms with Crippen LogP contribution in [0.3, 0.4) is 0 Å². The number of carbonyl (C=O) groups is 4. The topological polar surface area (TPSA) is 188 Å². The van der Waals surface area contributed by atoms with E-state index in [1.54, 1.807) is 25.1 Å². The number of hydrogen-bond acceptors (Lipinski definition) is 10. The number of hydrogen-bond donors (Lipinski definition) is 5. The molecule has 0 bridgehead atoms. The first-order chi connectivity index (χ1) is 19.8. The molecular weight excluding hydrogens is 544 g/mol. The molecule has 11 heteroatoms. The van der Waals surface area contributed by atoms with Crippen molar-refractivity contribution in [2.45, 2.75) is 37.0 Å². The van der Waals surface area contributed by atoms with Gasteiger partial charge in [-0.05, 0) is 61.2 Å². The largest absolute Gasteiger partial charge is 0.507 e. The van der Waals surface area contributed by atoms with Crippen LogP contribution in [0.2, 0.25) is 0 Å². The van der Waals surface area contributed by atoms with Crippen molar-refractivity contribution in [3.63, 3.8) is 0 Å². The molecule has 0 saturated heterocycles. The van der Waals surface area contributed by atoms with Gasteiger partial charge in [-0.3, -0.25) is 19.2 Å². The number of Topliss-reactive ketones (excluding diaryl/α,β-unsaturated/α-hetero) is 3. The molecule has 2 unspecified atom stereocenters. The maximum atomic E-state index is 14.0. The van der Waals surface area contributed by atoms with Crippen molar-refractivity contribution in [3.05, 3.63) is 58.7 Å². The monoisotopic (exact) mass is 578 g/mol.